The Morgan fingerprint density at radius 1 is 1.16 bits per heavy atom. The molecule has 1 aromatic heterocycles. The lowest BCUT2D eigenvalue weighted by Gasteiger charge is -2.15. The van der Waals surface area contributed by atoms with Crippen LogP contribution in [0.4, 0.5) is 11.6 Å². The van der Waals surface area contributed by atoms with Gasteiger partial charge < -0.3 is 5.32 Å². The van der Waals surface area contributed by atoms with Crippen LogP contribution in [0.3, 0.4) is 0 Å². The molecule has 0 atom stereocenters. The van der Waals surface area contributed by atoms with Crippen molar-refractivity contribution < 1.29 is 0 Å². The van der Waals surface area contributed by atoms with Gasteiger partial charge in [-0.15, -0.1) is 10.2 Å². The molecule has 0 amide bonds. The quantitative estimate of drug-likeness (QED) is 0.891. The van der Waals surface area contributed by atoms with Crippen LogP contribution in [-0.2, 0) is 5.41 Å². The Bertz CT molecular complexity index is 628. The molecule has 0 aliphatic heterocycles. The number of nitrogens with zero attached hydrogens (tertiary/aromatic N) is 2. The molecular weight excluding hydrogens is 308 g/mol. The molecule has 0 radical (unpaired) electrons. The molecule has 0 spiro atoms. The van der Waals surface area contributed by atoms with E-state index in [1.807, 2.05) is 45.0 Å². The number of nitrogens with one attached hydrogen (secondary N) is 2. The zero-order chi connectivity index (χ0) is 14.0. The van der Waals surface area contributed by atoms with Gasteiger partial charge >= 0.3 is 0 Å². The van der Waals surface area contributed by atoms with Crippen molar-refractivity contribution in [2.24, 2.45) is 0 Å². The van der Waals surface area contributed by atoms with Crippen molar-refractivity contribution in [3.8, 4) is 0 Å². The molecule has 6 heteroatoms. The first-order valence-electron chi connectivity index (χ1n) is 5.86. The summed E-state index contributed by atoms with van der Waals surface area (Å²) >= 11 is 3.36. The van der Waals surface area contributed by atoms with Gasteiger partial charge in [0.25, 0.3) is 5.56 Å². The van der Waals surface area contributed by atoms with Gasteiger partial charge in [-0.3, -0.25) is 9.78 Å². The van der Waals surface area contributed by atoms with Gasteiger partial charge in [-0.05, 0) is 24.3 Å². The summed E-state index contributed by atoms with van der Waals surface area (Å²) in [5.41, 5.74) is 0.712. The summed E-state index contributed by atoms with van der Waals surface area (Å²) in [6.45, 7) is 5.77. The zero-order valence-electron chi connectivity index (χ0n) is 11.0. The van der Waals surface area contributed by atoms with E-state index in [2.05, 4.69) is 36.4 Å². The fraction of sp³-hybridized carbons (Fsp3) is 0.308. The molecule has 19 heavy (non-hydrogen) atoms. The largest absolute Gasteiger partial charge is 0.324 e. The number of benzene rings is 1. The van der Waals surface area contributed by atoms with Gasteiger partial charge in [0.1, 0.15) is 5.69 Å². The molecule has 2 aromatic rings. The molecule has 0 aliphatic rings. The Kier molecular flexibility index (Phi) is 3.71. The third kappa shape index (κ3) is 3.41. The Morgan fingerprint density at radius 3 is 2.32 bits per heavy atom. The van der Waals surface area contributed by atoms with E-state index in [1.165, 1.54) is 0 Å². The van der Waals surface area contributed by atoms with E-state index >= 15 is 0 Å². The summed E-state index contributed by atoms with van der Waals surface area (Å²) in [4.78, 5) is 14.6. The highest BCUT2D eigenvalue weighted by Crippen LogP contribution is 2.18. The average molecular weight is 323 g/mol. The molecule has 1 aromatic carbocycles. The van der Waals surface area contributed by atoms with E-state index in [0.29, 0.717) is 11.6 Å². The maximum atomic E-state index is 11.9. The van der Waals surface area contributed by atoms with Gasteiger partial charge in [-0.1, -0.05) is 36.7 Å². The second-order valence-corrected chi connectivity index (χ2v) is 6.15. The number of rotatable bonds is 2. The van der Waals surface area contributed by atoms with Crippen molar-refractivity contribution in [1.82, 2.24) is 15.2 Å². The summed E-state index contributed by atoms with van der Waals surface area (Å²) in [7, 11) is 0. The van der Waals surface area contributed by atoms with Crippen molar-refractivity contribution >= 4 is 27.6 Å². The van der Waals surface area contributed by atoms with Crippen LogP contribution in [0.5, 0.6) is 0 Å². The Labute approximate surface area is 119 Å². The van der Waals surface area contributed by atoms with Gasteiger partial charge in [0.05, 0.1) is 0 Å². The van der Waals surface area contributed by atoms with Gasteiger partial charge in [0, 0.05) is 15.6 Å². The van der Waals surface area contributed by atoms with Crippen molar-refractivity contribution in [1.29, 1.82) is 0 Å². The first kappa shape index (κ1) is 13.7. The van der Waals surface area contributed by atoms with E-state index in [-0.39, 0.29) is 11.0 Å². The van der Waals surface area contributed by atoms with E-state index < -0.39 is 0 Å². The topological polar surface area (TPSA) is 70.7 Å². The second kappa shape index (κ2) is 5.13. The molecule has 0 fully saturated rings. The second-order valence-electron chi connectivity index (χ2n) is 5.23. The fourth-order valence-corrected chi connectivity index (χ4v) is 1.82. The van der Waals surface area contributed by atoms with Gasteiger partial charge in [-0.25, -0.2) is 0 Å². The van der Waals surface area contributed by atoms with E-state index in [4.69, 9.17) is 0 Å². The minimum atomic E-state index is -0.323. The smallest absolute Gasteiger partial charge is 0.274 e. The number of hydrogen-bond acceptors (Lipinski definition) is 4. The third-order valence-electron chi connectivity index (χ3n) is 2.51. The normalized spacial score (nSPS) is 11.4. The highest BCUT2D eigenvalue weighted by Gasteiger charge is 2.20. The molecule has 0 unspecified atom stereocenters. The van der Waals surface area contributed by atoms with Crippen molar-refractivity contribution in [3.05, 3.63) is 44.8 Å². The summed E-state index contributed by atoms with van der Waals surface area (Å²) in [5.74, 6) is 0.334. The molecule has 2 rings (SSSR count). The Balaban J connectivity index is 2.26. The monoisotopic (exact) mass is 322 g/mol. The van der Waals surface area contributed by atoms with Crippen LogP contribution in [0.1, 0.15) is 26.5 Å². The first-order valence-corrected chi connectivity index (χ1v) is 6.65. The molecule has 2 N–H and O–H groups in total. The summed E-state index contributed by atoms with van der Waals surface area (Å²) in [6, 6.07) is 7.55. The lowest BCUT2D eigenvalue weighted by atomic mass is 9.93. The SMILES string of the molecule is CC(C)(C)c1nnc(Nc2ccc(Br)cc2)[nH]c1=O. The number of hydrogen-bond donors (Lipinski definition) is 2. The van der Waals surface area contributed by atoms with Crippen LogP contribution in [0.25, 0.3) is 0 Å². The lowest BCUT2D eigenvalue weighted by molar-refractivity contribution is 0.547. The lowest BCUT2D eigenvalue weighted by Crippen LogP contribution is -2.28. The van der Waals surface area contributed by atoms with Crippen molar-refractivity contribution in [2.45, 2.75) is 26.2 Å². The predicted molar refractivity (Wildman–Crippen MR) is 78.8 cm³/mol. The van der Waals surface area contributed by atoms with Gasteiger partial charge in [0.2, 0.25) is 5.95 Å². The van der Waals surface area contributed by atoms with Gasteiger partial charge in [0.15, 0.2) is 0 Å². The number of aromatic nitrogens is 3. The highest BCUT2D eigenvalue weighted by atomic mass is 79.9. The van der Waals surface area contributed by atoms with E-state index in [0.717, 1.165) is 10.2 Å². The zero-order valence-corrected chi connectivity index (χ0v) is 12.6. The molecule has 0 saturated heterocycles. The molecule has 5 nitrogen and oxygen atoms in total. The predicted octanol–water partition coefficient (Wildman–Crippen LogP) is 2.97. The van der Waals surface area contributed by atoms with Crippen LogP contribution < -0.4 is 10.9 Å². The standard InChI is InChI=1S/C13H15BrN4O/c1-13(2,3)10-11(19)16-12(18-17-10)15-9-6-4-8(14)5-7-9/h4-7H,1-3H3,(H2,15,16,18,19). The minimum absolute atomic E-state index is 0.220. The van der Waals surface area contributed by atoms with E-state index in [1.54, 1.807) is 0 Å². The summed E-state index contributed by atoms with van der Waals surface area (Å²) in [5, 5.41) is 11.0. The average Bonchev–Trinajstić information content (AvgIpc) is 2.30. The molecule has 100 valence electrons. The third-order valence-corrected chi connectivity index (χ3v) is 3.04. The molecular formula is C13H15BrN4O. The van der Waals surface area contributed by atoms with Crippen molar-refractivity contribution in [2.75, 3.05) is 5.32 Å². The number of H-pyrrole nitrogens is 1. The maximum absolute atomic E-state index is 11.9. The highest BCUT2D eigenvalue weighted by molar-refractivity contribution is 9.10. The summed E-state index contributed by atoms with van der Waals surface area (Å²) in [6.07, 6.45) is 0. The van der Waals surface area contributed by atoms with Crippen LogP contribution in [-0.4, -0.2) is 15.2 Å². The first-order chi connectivity index (χ1) is 8.86. The van der Waals surface area contributed by atoms with Crippen LogP contribution in [0.2, 0.25) is 0 Å². The van der Waals surface area contributed by atoms with Crippen LogP contribution >= 0.6 is 15.9 Å². The number of aromatic amines is 1. The number of anilines is 2. The molecule has 1 heterocycles. The molecule has 0 bridgehead atoms. The Hall–Kier alpha value is -1.69. The minimum Gasteiger partial charge on any atom is -0.324 e. The fourth-order valence-electron chi connectivity index (χ4n) is 1.55. The Morgan fingerprint density at radius 2 is 1.79 bits per heavy atom. The maximum Gasteiger partial charge on any atom is 0.274 e. The summed E-state index contributed by atoms with van der Waals surface area (Å²) < 4.78 is 0.987. The van der Waals surface area contributed by atoms with Gasteiger partial charge in [-0.2, -0.15) is 0 Å². The molecule has 0 saturated carbocycles. The van der Waals surface area contributed by atoms with Crippen LogP contribution in [0.15, 0.2) is 33.5 Å². The number of halogens is 1. The van der Waals surface area contributed by atoms with Crippen LogP contribution in [0, 0.1) is 0 Å². The van der Waals surface area contributed by atoms with Crippen molar-refractivity contribution in [3.63, 3.8) is 0 Å². The molecule has 0 aliphatic carbocycles. The van der Waals surface area contributed by atoms with E-state index in [9.17, 15) is 4.79 Å².